The molecule has 0 N–H and O–H groups in total. The molecule has 11 heavy (non-hydrogen) atoms. The van der Waals surface area contributed by atoms with Crippen LogP contribution in [-0.4, -0.2) is 5.33 Å². The average Bonchev–Trinajstić information content (AvgIpc) is 1.85. The van der Waals surface area contributed by atoms with Crippen LogP contribution in [-0.2, 0) is 6.42 Å². The fraction of sp³-hybridized carbons (Fsp3) is 0.250. The van der Waals surface area contributed by atoms with Gasteiger partial charge in [0.25, 0.3) is 0 Å². The first kappa shape index (κ1) is 10.2. The molecule has 0 saturated heterocycles. The molecule has 60 valence electrons. The summed E-state index contributed by atoms with van der Waals surface area (Å²) in [5.74, 6) is 0. The van der Waals surface area contributed by atoms with Crippen molar-refractivity contribution in [3.05, 3.63) is 30.9 Å². The van der Waals surface area contributed by atoms with Gasteiger partial charge in [-0.2, -0.15) is 0 Å². The first-order valence-corrected chi connectivity index (χ1v) is 6.51. The van der Waals surface area contributed by atoms with Crippen molar-refractivity contribution in [1.29, 1.82) is 0 Å². The fourth-order valence-corrected chi connectivity index (χ4v) is 3.39. The van der Waals surface area contributed by atoms with Crippen molar-refractivity contribution in [3.63, 3.8) is 0 Å². The van der Waals surface area contributed by atoms with Crippen molar-refractivity contribution < 1.29 is 0 Å². The molecule has 0 bridgehead atoms. The molecule has 0 saturated carbocycles. The third-order valence-electron chi connectivity index (χ3n) is 1.31. The van der Waals surface area contributed by atoms with Gasteiger partial charge < -0.3 is 0 Å². The van der Waals surface area contributed by atoms with Gasteiger partial charge in [0.2, 0.25) is 0 Å². The van der Waals surface area contributed by atoms with E-state index in [1.807, 2.05) is 0 Å². The lowest BCUT2D eigenvalue weighted by atomic mass is 10.2. The molecule has 0 fully saturated rings. The van der Waals surface area contributed by atoms with Gasteiger partial charge in [0.15, 0.2) is 0 Å². The Balaban J connectivity index is 2.89. The fourth-order valence-electron chi connectivity index (χ4n) is 0.864. The van der Waals surface area contributed by atoms with E-state index in [2.05, 4.69) is 79.3 Å². The summed E-state index contributed by atoms with van der Waals surface area (Å²) in [5, 5.41) is 1.04. The number of hydrogen-bond donors (Lipinski definition) is 0. The van der Waals surface area contributed by atoms with Crippen molar-refractivity contribution in [1.82, 2.24) is 0 Å². The summed E-state index contributed by atoms with van der Waals surface area (Å²) < 4.78 is 2.65. The number of alkyl halides is 1. The van der Waals surface area contributed by atoms with Crippen molar-refractivity contribution in [2.45, 2.75) is 6.42 Å². The monoisotopic (exact) mass is 436 g/mol. The van der Waals surface area contributed by atoms with Crippen molar-refractivity contribution in [2.75, 3.05) is 5.33 Å². The molecule has 3 heteroatoms. The van der Waals surface area contributed by atoms with Gasteiger partial charge in [-0.05, 0) is 75.4 Å². The highest BCUT2D eigenvalue weighted by Gasteiger charge is 1.95. The zero-order valence-corrected chi connectivity index (χ0v) is 11.7. The molecule has 0 nitrogen and oxygen atoms in total. The molecule has 0 unspecified atom stereocenters. The van der Waals surface area contributed by atoms with E-state index in [0.29, 0.717) is 0 Å². The molecule has 0 atom stereocenters. The molecule has 0 amide bonds. The molecule has 0 aliphatic heterocycles. The van der Waals surface area contributed by atoms with Crippen LogP contribution in [0, 0.1) is 7.14 Å². The minimum atomic E-state index is 1.04. The summed E-state index contributed by atoms with van der Waals surface area (Å²) in [6.45, 7) is 0. The van der Waals surface area contributed by atoms with Gasteiger partial charge in [-0.3, -0.25) is 0 Å². The van der Waals surface area contributed by atoms with E-state index in [1.54, 1.807) is 0 Å². The van der Waals surface area contributed by atoms with Crippen LogP contribution >= 0.6 is 61.1 Å². The van der Waals surface area contributed by atoms with Crippen molar-refractivity contribution in [3.8, 4) is 0 Å². The average molecular weight is 437 g/mol. The highest BCUT2D eigenvalue weighted by atomic mass is 127. The van der Waals surface area contributed by atoms with E-state index >= 15 is 0 Å². The second kappa shape index (κ2) is 5.01. The lowest BCUT2D eigenvalue weighted by Crippen LogP contribution is -1.87. The van der Waals surface area contributed by atoms with E-state index < -0.39 is 0 Å². The summed E-state index contributed by atoms with van der Waals surface area (Å²) in [6.07, 6.45) is 1.12. The van der Waals surface area contributed by atoms with Crippen LogP contribution in [0.4, 0.5) is 0 Å². The van der Waals surface area contributed by atoms with E-state index in [4.69, 9.17) is 0 Å². The van der Waals surface area contributed by atoms with Gasteiger partial charge in [0.1, 0.15) is 0 Å². The second-order valence-electron chi connectivity index (χ2n) is 2.22. The number of rotatable bonds is 2. The molecule has 0 aromatic heterocycles. The molecular weight excluding hydrogens is 430 g/mol. The number of hydrogen-bond acceptors (Lipinski definition) is 0. The molecule has 1 aromatic rings. The molecule has 0 aliphatic carbocycles. The van der Waals surface area contributed by atoms with Crippen LogP contribution in [0.3, 0.4) is 0 Å². The van der Waals surface area contributed by atoms with E-state index in [9.17, 15) is 0 Å². The lowest BCUT2D eigenvalue weighted by molar-refractivity contribution is 1.16. The first-order chi connectivity index (χ1) is 5.22. The number of benzene rings is 1. The van der Waals surface area contributed by atoms with Crippen molar-refractivity contribution >= 4 is 61.1 Å². The highest BCUT2D eigenvalue weighted by molar-refractivity contribution is 14.1. The Labute approximate surface area is 103 Å². The van der Waals surface area contributed by atoms with Gasteiger partial charge in [-0.25, -0.2) is 0 Å². The second-order valence-corrected chi connectivity index (χ2v) is 5.50. The number of aryl methyl sites for hydroxylation is 1. The third-order valence-corrected chi connectivity index (χ3v) is 2.95. The van der Waals surface area contributed by atoms with Crippen LogP contribution in [0.15, 0.2) is 18.2 Å². The van der Waals surface area contributed by atoms with Gasteiger partial charge in [-0.15, -0.1) is 0 Å². The van der Waals surface area contributed by atoms with Crippen LogP contribution in [0.5, 0.6) is 0 Å². The van der Waals surface area contributed by atoms with E-state index in [1.165, 1.54) is 12.7 Å². The Morgan fingerprint density at radius 2 is 1.64 bits per heavy atom. The number of halogens is 3. The maximum Gasteiger partial charge on any atom is 0.0143 e. The standard InChI is InChI=1S/C8H7BrI2/c9-2-1-6-3-7(10)5-8(11)4-6/h3-5H,1-2H2. The van der Waals surface area contributed by atoms with Crippen LogP contribution in [0.25, 0.3) is 0 Å². The zero-order chi connectivity index (χ0) is 8.27. The first-order valence-electron chi connectivity index (χ1n) is 3.23. The Bertz CT molecular complexity index is 228. The quantitative estimate of drug-likeness (QED) is 0.488. The summed E-state index contributed by atoms with van der Waals surface area (Å²) in [5.41, 5.74) is 1.41. The van der Waals surface area contributed by atoms with Crippen LogP contribution in [0.1, 0.15) is 5.56 Å². The zero-order valence-electron chi connectivity index (χ0n) is 5.78. The molecule has 0 heterocycles. The predicted octanol–water partition coefficient (Wildman–Crippen LogP) is 3.83. The summed E-state index contributed by atoms with van der Waals surface area (Å²) >= 11 is 8.13. The van der Waals surface area contributed by atoms with E-state index in [0.717, 1.165) is 11.8 Å². The van der Waals surface area contributed by atoms with Crippen molar-refractivity contribution in [2.24, 2.45) is 0 Å². The Morgan fingerprint density at radius 3 is 2.09 bits per heavy atom. The minimum absolute atomic E-state index is 1.04. The van der Waals surface area contributed by atoms with Gasteiger partial charge >= 0.3 is 0 Å². The normalized spacial score (nSPS) is 10.1. The molecule has 0 radical (unpaired) electrons. The molecule has 1 rings (SSSR count). The maximum atomic E-state index is 3.43. The Morgan fingerprint density at radius 1 is 1.09 bits per heavy atom. The topological polar surface area (TPSA) is 0 Å². The Kier molecular flexibility index (Phi) is 4.67. The minimum Gasteiger partial charge on any atom is -0.0924 e. The van der Waals surface area contributed by atoms with Crippen LogP contribution in [0.2, 0.25) is 0 Å². The molecule has 0 spiro atoms. The lowest BCUT2D eigenvalue weighted by Gasteiger charge is -1.99. The molecule has 1 aromatic carbocycles. The van der Waals surface area contributed by atoms with E-state index in [-0.39, 0.29) is 0 Å². The summed E-state index contributed by atoms with van der Waals surface area (Å²) in [6, 6.07) is 6.63. The Hall–Kier alpha value is 1.16. The van der Waals surface area contributed by atoms with Gasteiger partial charge in [-0.1, -0.05) is 15.9 Å². The largest absolute Gasteiger partial charge is 0.0924 e. The molecule has 0 aliphatic rings. The SMILES string of the molecule is BrCCc1cc(I)cc(I)c1. The third kappa shape index (κ3) is 3.59. The van der Waals surface area contributed by atoms with Gasteiger partial charge in [0.05, 0.1) is 0 Å². The summed E-state index contributed by atoms with van der Waals surface area (Å²) in [4.78, 5) is 0. The predicted molar refractivity (Wildman–Crippen MR) is 69.4 cm³/mol. The van der Waals surface area contributed by atoms with Crippen LogP contribution < -0.4 is 0 Å². The highest BCUT2D eigenvalue weighted by Crippen LogP contribution is 2.15. The van der Waals surface area contributed by atoms with Gasteiger partial charge in [0, 0.05) is 12.5 Å². The summed E-state index contributed by atoms with van der Waals surface area (Å²) in [7, 11) is 0. The maximum absolute atomic E-state index is 3.43. The molecular formula is C8H7BrI2. The smallest absolute Gasteiger partial charge is 0.0143 e.